The largest absolute Gasteiger partial charge is 0.310 e. The fourth-order valence-electron chi connectivity index (χ4n) is 3.41. The van der Waals surface area contributed by atoms with E-state index in [0.29, 0.717) is 6.04 Å². The first-order valence-corrected chi connectivity index (χ1v) is 8.41. The number of pyridine rings is 1. The summed E-state index contributed by atoms with van der Waals surface area (Å²) in [7, 11) is 0. The second-order valence-corrected chi connectivity index (χ2v) is 6.62. The number of benzene rings is 1. The molecular formula is C20H26N2. The molecule has 0 saturated heterocycles. The van der Waals surface area contributed by atoms with E-state index in [9.17, 15) is 0 Å². The molecule has 1 heterocycles. The first kappa shape index (κ1) is 15.2. The van der Waals surface area contributed by atoms with Crippen molar-refractivity contribution in [2.45, 2.75) is 59.0 Å². The fraction of sp³-hybridized carbons (Fsp3) is 0.450. The van der Waals surface area contributed by atoms with Gasteiger partial charge in [-0.15, -0.1) is 0 Å². The topological polar surface area (TPSA) is 24.9 Å². The smallest absolute Gasteiger partial charge is 0.0708 e. The third-order valence-corrected chi connectivity index (χ3v) is 4.79. The molecule has 1 aromatic heterocycles. The predicted octanol–water partition coefficient (Wildman–Crippen LogP) is 4.71. The number of rotatable bonds is 4. The third kappa shape index (κ3) is 3.38. The monoisotopic (exact) mass is 294 g/mol. The summed E-state index contributed by atoms with van der Waals surface area (Å²) in [5.41, 5.74) is 7.38. The number of nitrogens with one attached hydrogen (secondary N) is 1. The Balaban J connectivity index is 1.76. The van der Waals surface area contributed by atoms with Gasteiger partial charge in [-0.2, -0.15) is 0 Å². The lowest BCUT2D eigenvalue weighted by Gasteiger charge is -2.14. The summed E-state index contributed by atoms with van der Waals surface area (Å²) in [4.78, 5) is 4.84. The third-order valence-electron chi connectivity index (χ3n) is 4.79. The van der Waals surface area contributed by atoms with Gasteiger partial charge in [0.25, 0.3) is 0 Å². The van der Waals surface area contributed by atoms with Crippen molar-refractivity contribution in [2.24, 2.45) is 0 Å². The van der Waals surface area contributed by atoms with Crippen LogP contribution < -0.4 is 5.32 Å². The van der Waals surface area contributed by atoms with E-state index in [4.69, 9.17) is 4.98 Å². The van der Waals surface area contributed by atoms with Crippen LogP contribution in [0.15, 0.2) is 30.3 Å². The van der Waals surface area contributed by atoms with Gasteiger partial charge in [-0.25, -0.2) is 0 Å². The van der Waals surface area contributed by atoms with Gasteiger partial charge < -0.3 is 5.32 Å². The molecular weight excluding hydrogens is 268 g/mol. The molecule has 2 nitrogen and oxygen atoms in total. The number of aromatic nitrogens is 1. The Hall–Kier alpha value is -1.67. The molecule has 0 atom stereocenters. The van der Waals surface area contributed by atoms with Crippen molar-refractivity contribution in [1.82, 2.24) is 10.3 Å². The highest BCUT2D eigenvalue weighted by molar-refractivity contribution is 5.64. The molecule has 2 aromatic rings. The van der Waals surface area contributed by atoms with Gasteiger partial charge in [0, 0.05) is 23.8 Å². The molecule has 0 radical (unpaired) electrons. The summed E-state index contributed by atoms with van der Waals surface area (Å²) in [6, 6.07) is 11.7. The molecule has 22 heavy (non-hydrogen) atoms. The van der Waals surface area contributed by atoms with Crippen LogP contribution in [0, 0.1) is 20.8 Å². The fourth-order valence-corrected chi connectivity index (χ4v) is 3.41. The van der Waals surface area contributed by atoms with E-state index < -0.39 is 0 Å². The molecule has 1 aliphatic rings. The van der Waals surface area contributed by atoms with E-state index in [1.165, 1.54) is 47.9 Å². The minimum atomic E-state index is 0.707. The Bertz CT molecular complexity index is 655. The molecule has 0 amide bonds. The molecule has 2 heteroatoms. The maximum Gasteiger partial charge on any atom is 0.0708 e. The zero-order chi connectivity index (χ0) is 15.5. The zero-order valence-electron chi connectivity index (χ0n) is 13.9. The minimum absolute atomic E-state index is 0.707. The van der Waals surface area contributed by atoms with Gasteiger partial charge in [-0.1, -0.05) is 42.7 Å². The van der Waals surface area contributed by atoms with Gasteiger partial charge >= 0.3 is 0 Å². The molecule has 116 valence electrons. The van der Waals surface area contributed by atoms with Crippen LogP contribution in [0.3, 0.4) is 0 Å². The molecule has 1 saturated carbocycles. The van der Waals surface area contributed by atoms with Crippen molar-refractivity contribution in [3.05, 3.63) is 52.7 Å². The maximum absolute atomic E-state index is 4.84. The molecule has 0 aliphatic heterocycles. The number of nitrogens with zero attached hydrogens (tertiary/aromatic N) is 1. The summed E-state index contributed by atoms with van der Waals surface area (Å²) >= 11 is 0. The molecule has 1 fully saturated rings. The van der Waals surface area contributed by atoms with Crippen molar-refractivity contribution in [1.29, 1.82) is 0 Å². The van der Waals surface area contributed by atoms with Gasteiger partial charge in [0.1, 0.15) is 0 Å². The second-order valence-electron chi connectivity index (χ2n) is 6.62. The summed E-state index contributed by atoms with van der Waals surface area (Å²) in [6.07, 6.45) is 5.40. The summed E-state index contributed by atoms with van der Waals surface area (Å²) in [6.45, 7) is 7.36. The van der Waals surface area contributed by atoms with Crippen LogP contribution in [0.25, 0.3) is 11.3 Å². The highest BCUT2D eigenvalue weighted by Gasteiger charge is 2.14. The Kier molecular flexibility index (Phi) is 4.58. The van der Waals surface area contributed by atoms with Crippen molar-refractivity contribution < 1.29 is 0 Å². The van der Waals surface area contributed by atoms with Gasteiger partial charge in [0.2, 0.25) is 0 Å². The molecule has 1 aliphatic carbocycles. The summed E-state index contributed by atoms with van der Waals surface area (Å²) in [5, 5.41) is 3.68. The van der Waals surface area contributed by atoms with Crippen molar-refractivity contribution in [2.75, 3.05) is 0 Å². The number of hydrogen-bond donors (Lipinski definition) is 1. The molecule has 0 unspecified atom stereocenters. The highest BCUT2D eigenvalue weighted by atomic mass is 14.9. The Morgan fingerprint density at radius 1 is 1.05 bits per heavy atom. The van der Waals surface area contributed by atoms with Gasteiger partial charge in [-0.3, -0.25) is 4.98 Å². The second kappa shape index (κ2) is 6.62. The van der Waals surface area contributed by atoms with Crippen LogP contribution in [0.4, 0.5) is 0 Å². The average molecular weight is 294 g/mol. The van der Waals surface area contributed by atoms with Crippen LogP contribution >= 0.6 is 0 Å². The van der Waals surface area contributed by atoms with Gasteiger partial charge in [0.05, 0.1) is 5.69 Å². The molecule has 0 bridgehead atoms. The average Bonchev–Trinajstić information content (AvgIpc) is 2.99. The van der Waals surface area contributed by atoms with Crippen LogP contribution in [0.5, 0.6) is 0 Å². The van der Waals surface area contributed by atoms with Crippen LogP contribution in [0.2, 0.25) is 0 Å². The minimum Gasteiger partial charge on any atom is -0.310 e. The maximum atomic E-state index is 4.84. The number of aryl methyl sites for hydroxylation is 3. The van der Waals surface area contributed by atoms with E-state index in [1.54, 1.807) is 0 Å². The standard InChI is InChI=1S/C20H26N2/c1-14-8-10-19(15(2)12-14)20-11-9-17(16(3)22-20)13-21-18-6-4-5-7-18/h8-12,18,21H,4-7,13H2,1-3H3. The van der Waals surface area contributed by atoms with E-state index in [1.807, 2.05) is 0 Å². The van der Waals surface area contributed by atoms with E-state index in [0.717, 1.165) is 17.9 Å². The Morgan fingerprint density at radius 2 is 1.82 bits per heavy atom. The van der Waals surface area contributed by atoms with Crippen LogP contribution in [-0.4, -0.2) is 11.0 Å². The van der Waals surface area contributed by atoms with Gasteiger partial charge in [-0.05, 0) is 50.8 Å². The van der Waals surface area contributed by atoms with Crippen molar-refractivity contribution in [3.8, 4) is 11.3 Å². The molecule has 3 rings (SSSR count). The first-order chi connectivity index (χ1) is 10.6. The summed E-state index contributed by atoms with van der Waals surface area (Å²) < 4.78 is 0. The van der Waals surface area contributed by atoms with Crippen molar-refractivity contribution >= 4 is 0 Å². The Labute approximate surface area is 134 Å². The van der Waals surface area contributed by atoms with E-state index >= 15 is 0 Å². The van der Waals surface area contributed by atoms with Crippen LogP contribution in [0.1, 0.15) is 48.1 Å². The predicted molar refractivity (Wildman–Crippen MR) is 93.0 cm³/mol. The first-order valence-electron chi connectivity index (χ1n) is 8.41. The molecule has 1 N–H and O–H groups in total. The summed E-state index contributed by atoms with van der Waals surface area (Å²) in [5.74, 6) is 0. The van der Waals surface area contributed by atoms with Gasteiger partial charge in [0.15, 0.2) is 0 Å². The zero-order valence-corrected chi connectivity index (χ0v) is 13.9. The lowest BCUT2D eigenvalue weighted by atomic mass is 10.0. The molecule has 1 aromatic carbocycles. The van der Waals surface area contributed by atoms with E-state index in [-0.39, 0.29) is 0 Å². The lowest BCUT2D eigenvalue weighted by Crippen LogP contribution is -2.25. The number of hydrogen-bond acceptors (Lipinski definition) is 2. The highest BCUT2D eigenvalue weighted by Crippen LogP contribution is 2.24. The quantitative estimate of drug-likeness (QED) is 0.883. The molecule has 0 spiro atoms. The lowest BCUT2D eigenvalue weighted by molar-refractivity contribution is 0.522. The van der Waals surface area contributed by atoms with Crippen molar-refractivity contribution in [3.63, 3.8) is 0 Å². The normalized spacial score (nSPS) is 15.4. The van der Waals surface area contributed by atoms with E-state index in [2.05, 4.69) is 56.4 Å². The SMILES string of the molecule is Cc1ccc(-c2ccc(CNC3CCCC3)c(C)n2)c(C)c1. The van der Waals surface area contributed by atoms with Crippen LogP contribution in [-0.2, 0) is 6.54 Å². The Morgan fingerprint density at radius 3 is 2.50 bits per heavy atom.